The summed E-state index contributed by atoms with van der Waals surface area (Å²) >= 11 is 0. The Bertz CT molecular complexity index is 715. The summed E-state index contributed by atoms with van der Waals surface area (Å²) in [4.78, 5) is 14.8. The van der Waals surface area contributed by atoms with Crippen LogP contribution < -0.4 is 10.5 Å². The minimum absolute atomic E-state index is 0.0149. The van der Waals surface area contributed by atoms with E-state index in [9.17, 15) is 4.79 Å². The first kappa shape index (κ1) is 19.4. The first-order valence-electron chi connectivity index (χ1n) is 9.64. The molecule has 144 valence electrons. The van der Waals surface area contributed by atoms with Gasteiger partial charge in [0.2, 0.25) is 0 Å². The van der Waals surface area contributed by atoms with Crippen LogP contribution in [0.4, 0.5) is 0 Å². The van der Waals surface area contributed by atoms with E-state index in [4.69, 9.17) is 15.2 Å². The number of amides is 1. The second kappa shape index (κ2) is 10.1. The van der Waals surface area contributed by atoms with E-state index in [1.807, 2.05) is 47.4 Å². The molecule has 1 amide bonds. The van der Waals surface area contributed by atoms with Crippen molar-refractivity contribution in [3.63, 3.8) is 0 Å². The number of nitrogens with zero attached hydrogens (tertiary/aromatic N) is 1. The van der Waals surface area contributed by atoms with Crippen LogP contribution in [0.25, 0.3) is 0 Å². The molecule has 0 saturated carbocycles. The van der Waals surface area contributed by atoms with Crippen molar-refractivity contribution in [3.8, 4) is 5.75 Å². The maximum Gasteiger partial charge on any atom is 0.254 e. The van der Waals surface area contributed by atoms with Crippen LogP contribution in [-0.2, 0) is 11.2 Å². The molecule has 1 unspecified atom stereocenters. The Hall–Kier alpha value is -2.37. The van der Waals surface area contributed by atoms with Gasteiger partial charge in [-0.25, -0.2) is 0 Å². The van der Waals surface area contributed by atoms with Gasteiger partial charge in [-0.1, -0.05) is 36.4 Å². The molecule has 1 aliphatic rings. The van der Waals surface area contributed by atoms with Crippen LogP contribution in [0.2, 0.25) is 0 Å². The summed E-state index contributed by atoms with van der Waals surface area (Å²) in [5, 5.41) is 0. The highest BCUT2D eigenvalue weighted by Crippen LogP contribution is 2.18. The zero-order valence-corrected chi connectivity index (χ0v) is 15.7. The zero-order chi connectivity index (χ0) is 18.9. The Morgan fingerprint density at radius 2 is 2.00 bits per heavy atom. The van der Waals surface area contributed by atoms with E-state index < -0.39 is 0 Å². The van der Waals surface area contributed by atoms with E-state index in [1.54, 1.807) is 0 Å². The average molecular weight is 368 g/mol. The molecule has 1 saturated heterocycles. The number of carbonyl (C=O) groups is 1. The van der Waals surface area contributed by atoms with Gasteiger partial charge in [0.1, 0.15) is 12.4 Å². The second-order valence-electron chi connectivity index (χ2n) is 6.79. The first-order valence-corrected chi connectivity index (χ1v) is 9.64. The lowest BCUT2D eigenvalue weighted by atomic mass is 10.1. The van der Waals surface area contributed by atoms with Crippen LogP contribution in [0.5, 0.6) is 5.75 Å². The number of hydrogen-bond acceptors (Lipinski definition) is 4. The molecule has 2 aromatic rings. The Balaban J connectivity index is 1.61. The molecule has 0 spiro atoms. The van der Waals surface area contributed by atoms with Crippen molar-refractivity contribution in [3.05, 3.63) is 65.7 Å². The molecule has 0 bridgehead atoms. The smallest absolute Gasteiger partial charge is 0.254 e. The third kappa shape index (κ3) is 5.81. The summed E-state index contributed by atoms with van der Waals surface area (Å²) in [6, 6.07) is 17.5. The van der Waals surface area contributed by atoms with Gasteiger partial charge in [0.25, 0.3) is 5.91 Å². The molecule has 5 heteroatoms. The van der Waals surface area contributed by atoms with Gasteiger partial charge >= 0.3 is 0 Å². The van der Waals surface area contributed by atoms with Crippen molar-refractivity contribution in [2.45, 2.75) is 25.4 Å². The minimum Gasteiger partial charge on any atom is -0.491 e. The van der Waals surface area contributed by atoms with Gasteiger partial charge in [-0.3, -0.25) is 4.79 Å². The van der Waals surface area contributed by atoms with Gasteiger partial charge in [-0.2, -0.15) is 0 Å². The lowest BCUT2D eigenvalue weighted by molar-refractivity contribution is 0.0677. The molecule has 2 aromatic carbocycles. The van der Waals surface area contributed by atoms with Crippen molar-refractivity contribution in [2.75, 3.05) is 32.8 Å². The lowest BCUT2D eigenvalue weighted by Crippen LogP contribution is -2.37. The quantitative estimate of drug-likeness (QED) is 0.739. The predicted molar refractivity (Wildman–Crippen MR) is 106 cm³/mol. The fourth-order valence-corrected chi connectivity index (χ4v) is 3.25. The number of benzene rings is 2. The Kier molecular flexibility index (Phi) is 7.25. The molecular weight excluding hydrogens is 340 g/mol. The van der Waals surface area contributed by atoms with Crippen LogP contribution in [-0.4, -0.2) is 49.8 Å². The van der Waals surface area contributed by atoms with Gasteiger partial charge in [0.15, 0.2) is 0 Å². The topological polar surface area (TPSA) is 64.8 Å². The summed E-state index contributed by atoms with van der Waals surface area (Å²) in [5.41, 5.74) is 7.56. The zero-order valence-electron chi connectivity index (χ0n) is 15.7. The molecule has 0 aromatic heterocycles. The third-order valence-corrected chi connectivity index (χ3v) is 4.74. The molecule has 1 fully saturated rings. The number of rotatable bonds is 9. The Morgan fingerprint density at radius 3 is 2.74 bits per heavy atom. The minimum atomic E-state index is -0.0149. The summed E-state index contributed by atoms with van der Waals surface area (Å²) in [5.74, 6) is 0.686. The number of ether oxygens (including phenoxy) is 2. The van der Waals surface area contributed by atoms with E-state index in [0.29, 0.717) is 37.6 Å². The van der Waals surface area contributed by atoms with Gasteiger partial charge < -0.3 is 20.1 Å². The van der Waals surface area contributed by atoms with E-state index in [2.05, 4.69) is 12.1 Å². The highest BCUT2D eigenvalue weighted by molar-refractivity contribution is 5.94. The predicted octanol–water partition coefficient (Wildman–Crippen LogP) is 2.89. The van der Waals surface area contributed by atoms with E-state index >= 15 is 0 Å². The SMILES string of the molecule is NCCN(CCc1ccccc1)C(=O)c1cccc(OCC2CCCO2)c1. The fourth-order valence-electron chi connectivity index (χ4n) is 3.25. The summed E-state index contributed by atoms with van der Waals surface area (Å²) in [6.07, 6.45) is 3.08. The van der Waals surface area contributed by atoms with E-state index in [-0.39, 0.29) is 12.0 Å². The van der Waals surface area contributed by atoms with Crippen LogP contribution in [0.3, 0.4) is 0 Å². The molecule has 3 rings (SSSR count). The van der Waals surface area contributed by atoms with Gasteiger partial charge in [-0.05, 0) is 43.0 Å². The van der Waals surface area contributed by atoms with Gasteiger partial charge in [0, 0.05) is 31.8 Å². The molecule has 27 heavy (non-hydrogen) atoms. The van der Waals surface area contributed by atoms with Crippen molar-refractivity contribution in [2.24, 2.45) is 5.73 Å². The number of nitrogens with two attached hydrogens (primary N) is 1. The molecule has 1 atom stereocenters. The third-order valence-electron chi connectivity index (χ3n) is 4.74. The molecule has 0 radical (unpaired) electrons. The van der Waals surface area contributed by atoms with Crippen LogP contribution in [0.1, 0.15) is 28.8 Å². The molecule has 2 N–H and O–H groups in total. The maximum absolute atomic E-state index is 13.0. The maximum atomic E-state index is 13.0. The highest BCUT2D eigenvalue weighted by Gasteiger charge is 2.18. The van der Waals surface area contributed by atoms with Gasteiger partial charge in [-0.15, -0.1) is 0 Å². The molecule has 1 aliphatic heterocycles. The highest BCUT2D eigenvalue weighted by atomic mass is 16.5. The molecule has 1 heterocycles. The molecule has 5 nitrogen and oxygen atoms in total. The Labute approximate surface area is 161 Å². The fraction of sp³-hybridized carbons (Fsp3) is 0.409. The Morgan fingerprint density at radius 1 is 1.15 bits per heavy atom. The van der Waals surface area contributed by atoms with E-state index in [1.165, 1.54) is 5.56 Å². The van der Waals surface area contributed by atoms with E-state index in [0.717, 1.165) is 25.9 Å². The van der Waals surface area contributed by atoms with Crippen LogP contribution in [0, 0.1) is 0 Å². The largest absolute Gasteiger partial charge is 0.491 e. The average Bonchev–Trinajstić information content (AvgIpc) is 3.24. The molecule has 0 aliphatic carbocycles. The van der Waals surface area contributed by atoms with Crippen LogP contribution >= 0.6 is 0 Å². The summed E-state index contributed by atoms with van der Waals surface area (Å²) < 4.78 is 11.4. The monoisotopic (exact) mass is 368 g/mol. The van der Waals surface area contributed by atoms with Gasteiger partial charge in [0.05, 0.1) is 6.10 Å². The normalized spacial score (nSPS) is 16.3. The van der Waals surface area contributed by atoms with Crippen molar-refractivity contribution in [1.29, 1.82) is 0 Å². The van der Waals surface area contributed by atoms with Crippen LogP contribution in [0.15, 0.2) is 54.6 Å². The summed E-state index contributed by atoms with van der Waals surface area (Å²) in [7, 11) is 0. The second-order valence-corrected chi connectivity index (χ2v) is 6.79. The first-order chi connectivity index (χ1) is 13.3. The van der Waals surface area contributed by atoms with Crippen molar-refractivity contribution in [1.82, 2.24) is 4.90 Å². The number of hydrogen-bond donors (Lipinski definition) is 1. The van der Waals surface area contributed by atoms with Crippen molar-refractivity contribution >= 4 is 5.91 Å². The number of carbonyl (C=O) groups excluding carboxylic acids is 1. The molecular formula is C22H28N2O3. The summed E-state index contributed by atoms with van der Waals surface area (Å²) in [6.45, 7) is 2.95. The lowest BCUT2D eigenvalue weighted by Gasteiger charge is -2.22. The van der Waals surface area contributed by atoms with Crippen molar-refractivity contribution < 1.29 is 14.3 Å². The standard InChI is InChI=1S/C22H28N2O3/c23-12-14-24(13-11-18-6-2-1-3-7-18)22(25)19-8-4-9-20(16-19)27-17-21-10-5-15-26-21/h1-4,6-9,16,21H,5,10-15,17,23H2.